The number of aliphatic hydroxyl groups is 3. The summed E-state index contributed by atoms with van der Waals surface area (Å²) >= 11 is 0. The van der Waals surface area contributed by atoms with Crippen molar-refractivity contribution in [1.82, 2.24) is 0 Å². The minimum atomic E-state index is -1.01. The van der Waals surface area contributed by atoms with Crippen LogP contribution in [0.5, 0.6) is 0 Å². The van der Waals surface area contributed by atoms with Crippen molar-refractivity contribution in [3.63, 3.8) is 0 Å². The van der Waals surface area contributed by atoms with Crippen molar-refractivity contribution in [3.05, 3.63) is 47.5 Å². The maximum atomic E-state index is 10.3. The number of hydrogen-bond acceptors (Lipinski definition) is 4. The lowest BCUT2D eigenvalue weighted by Crippen LogP contribution is -2.49. The third kappa shape index (κ3) is 6.34. The minimum absolute atomic E-state index is 0.398. The van der Waals surface area contributed by atoms with Gasteiger partial charge in [-0.1, -0.05) is 61.2 Å². The van der Waals surface area contributed by atoms with E-state index >= 15 is 0 Å². The van der Waals surface area contributed by atoms with E-state index in [0.29, 0.717) is 11.8 Å². The van der Waals surface area contributed by atoms with Gasteiger partial charge in [0.25, 0.3) is 0 Å². The molecule has 6 heteroatoms. The Bertz CT molecular complexity index is 983. The first-order chi connectivity index (χ1) is 15.3. The first-order valence-corrected chi connectivity index (χ1v) is 12.0. The van der Waals surface area contributed by atoms with Crippen LogP contribution in [0.4, 0.5) is 0 Å². The second-order valence-corrected chi connectivity index (χ2v) is 11.7. The standard InChI is InChI=1S/C22H27B2O2.C6H14O2/c1-13-14(2)20-12-16(24-26-22(5,6)21(3,4)25)8-10-18(20)17-9-7-15(23)11-19(13)17;1-5(2,7)6(3,4)8/h7-14,25H,1-6H3;7-8H,1-4H3. The third-order valence-corrected chi connectivity index (χ3v) is 7.63. The molecule has 1 aliphatic rings. The Labute approximate surface area is 208 Å². The third-order valence-electron chi connectivity index (χ3n) is 7.63. The summed E-state index contributed by atoms with van der Waals surface area (Å²) in [5.74, 6) is 0.805. The molecular weight excluding hydrogens is 422 g/mol. The molecule has 0 saturated heterocycles. The predicted octanol–water partition coefficient (Wildman–Crippen LogP) is 3.71. The van der Waals surface area contributed by atoms with Crippen LogP contribution in [-0.2, 0) is 4.65 Å². The van der Waals surface area contributed by atoms with E-state index < -0.39 is 22.4 Å². The topological polar surface area (TPSA) is 69.9 Å². The van der Waals surface area contributed by atoms with Crippen LogP contribution in [0.15, 0.2) is 36.4 Å². The van der Waals surface area contributed by atoms with Crippen LogP contribution in [0.3, 0.4) is 0 Å². The summed E-state index contributed by atoms with van der Waals surface area (Å²) in [5.41, 5.74) is 3.39. The van der Waals surface area contributed by atoms with Gasteiger partial charge < -0.3 is 20.0 Å². The predicted molar refractivity (Wildman–Crippen MR) is 144 cm³/mol. The van der Waals surface area contributed by atoms with Crippen molar-refractivity contribution >= 4 is 26.3 Å². The van der Waals surface area contributed by atoms with Crippen LogP contribution >= 0.6 is 0 Å². The van der Waals surface area contributed by atoms with Crippen molar-refractivity contribution in [1.29, 1.82) is 0 Å². The van der Waals surface area contributed by atoms with Gasteiger partial charge in [0.2, 0.25) is 0 Å². The van der Waals surface area contributed by atoms with Gasteiger partial charge in [0.15, 0.2) is 0 Å². The molecule has 0 aromatic heterocycles. The van der Waals surface area contributed by atoms with Crippen LogP contribution in [0.1, 0.15) is 92.2 Å². The lowest BCUT2D eigenvalue weighted by Gasteiger charge is -2.37. The second-order valence-electron chi connectivity index (χ2n) is 11.7. The highest BCUT2D eigenvalue weighted by Crippen LogP contribution is 2.45. The highest BCUT2D eigenvalue weighted by atomic mass is 16.5. The van der Waals surface area contributed by atoms with E-state index in [1.165, 1.54) is 22.3 Å². The molecule has 3 N–H and O–H groups in total. The van der Waals surface area contributed by atoms with Crippen LogP contribution in [0, 0.1) is 0 Å². The van der Waals surface area contributed by atoms with Crippen molar-refractivity contribution in [2.24, 2.45) is 0 Å². The van der Waals surface area contributed by atoms with E-state index in [0.717, 1.165) is 10.9 Å². The van der Waals surface area contributed by atoms with Gasteiger partial charge in [0, 0.05) is 0 Å². The Morgan fingerprint density at radius 1 is 0.706 bits per heavy atom. The van der Waals surface area contributed by atoms with Crippen molar-refractivity contribution < 1.29 is 20.0 Å². The highest BCUT2D eigenvalue weighted by Gasteiger charge is 2.36. The van der Waals surface area contributed by atoms with Gasteiger partial charge in [0.1, 0.15) is 7.85 Å². The molecule has 2 atom stereocenters. The van der Waals surface area contributed by atoms with Gasteiger partial charge in [-0.15, -0.1) is 0 Å². The molecule has 3 radical (unpaired) electrons. The number of rotatable bonds is 5. The maximum absolute atomic E-state index is 10.3. The SMILES string of the molecule is CC(C)(O)C(C)(C)O.[B]c1ccc2c(c1)C(C)C(C)c1cc([B]OC(C)(C)C(C)(C)O)ccc1-2. The summed E-state index contributed by atoms with van der Waals surface area (Å²) in [6.45, 7) is 18.2. The monoisotopic (exact) mass is 463 g/mol. The summed E-state index contributed by atoms with van der Waals surface area (Å²) in [6.07, 6.45) is 0. The fourth-order valence-electron chi connectivity index (χ4n) is 3.38. The van der Waals surface area contributed by atoms with E-state index in [9.17, 15) is 5.11 Å². The average Bonchev–Trinajstić information content (AvgIpc) is 2.68. The number of benzene rings is 2. The number of fused-ring (bicyclic) bond motifs is 3. The van der Waals surface area contributed by atoms with E-state index in [4.69, 9.17) is 22.7 Å². The molecular formula is C28H41B2O4. The van der Waals surface area contributed by atoms with Gasteiger partial charge in [-0.25, -0.2) is 0 Å². The van der Waals surface area contributed by atoms with Crippen molar-refractivity contribution in [3.8, 4) is 11.1 Å². The van der Waals surface area contributed by atoms with E-state index in [1.54, 1.807) is 49.0 Å². The fraction of sp³-hybridized carbons (Fsp3) is 0.571. The Morgan fingerprint density at radius 2 is 1.15 bits per heavy atom. The first kappa shape index (κ1) is 28.6. The zero-order valence-corrected chi connectivity index (χ0v) is 22.5. The quantitative estimate of drug-likeness (QED) is 0.592. The smallest absolute Gasteiger partial charge is 0.330 e. The summed E-state index contributed by atoms with van der Waals surface area (Å²) in [5, 5.41) is 28.5. The lowest BCUT2D eigenvalue weighted by atomic mass is 9.70. The summed E-state index contributed by atoms with van der Waals surface area (Å²) in [6, 6.07) is 12.6. The Hall–Kier alpha value is -1.59. The number of hydrogen-bond donors (Lipinski definition) is 3. The van der Waals surface area contributed by atoms with Crippen LogP contribution < -0.4 is 10.9 Å². The van der Waals surface area contributed by atoms with Crippen molar-refractivity contribution in [2.75, 3.05) is 0 Å². The molecule has 0 aliphatic heterocycles. The molecule has 0 heterocycles. The van der Waals surface area contributed by atoms with Gasteiger partial charge >= 0.3 is 7.48 Å². The largest absolute Gasteiger partial charge is 0.427 e. The molecule has 34 heavy (non-hydrogen) atoms. The van der Waals surface area contributed by atoms with Gasteiger partial charge in [-0.05, 0) is 89.5 Å². The maximum Gasteiger partial charge on any atom is 0.330 e. The molecule has 1 aliphatic carbocycles. The molecule has 0 amide bonds. The fourth-order valence-corrected chi connectivity index (χ4v) is 3.38. The molecule has 0 saturated carbocycles. The molecule has 2 aromatic carbocycles. The second kappa shape index (κ2) is 9.81. The van der Waals surface area contributed by atoms with Crippen LogP contribution in [-0.4, -0.2) is 53.1 Å². The van der Waals surface area contributed by atoms with Gasteiger partial charge in [0.05, 0.1) is 22.4 Å². The van der Waals surface area contributed by atoms with Gasteiger partial charge in [-0.2, -0.15) is 0 Å². The van der Waals surface area contributed by atoms with Crippen LogP contribution in [0.25, 0.3) is 11.1 Å². The molecule has 4 nitrogen and oxygen atoms in total. The minimum Gasteiger partial charge on any atom is -0.427 e. The average molecular weight is 463 g/mol. The first-order valence-electron chi connectivity index (χ1n) is 12.0. The molecule has 183 valence electrons. The van der Waals surface area contributed by atoms with Crippen molar-refractivity contribution in [2.45, 2.75) is 103 Å². The lowest BCUT2D eigenvalue weighted by molar-refractivity contribution is -0.107. The highest BCUT2D eigenvalue weighted by molar-refractivity contribution is 6.47. The zero-order chi connectivity index (χ0) is 26.3. The van der Waals surface area contributed by atoms with Gasteiger partial charge in [-0.3, -0.25) is 0 Å². The molecule has 0 bridgehead atoms. The Kier molecular flexibility index (Phi) is 8.27. The summed E-state index contributed by atoms with van der Waals surface area (Å²) in [7, 11) is 7.77. The van der Waals surface area contributed by atoms with Crippen LogP contribution in [0.2, 0.25) is 0 Å². The van der Waals surface area contributed by atoms with E-state index in [2.05, 4.69) is 44.2 Å². The molecule has 2 unspecified atom stereocenters. The summed E-state index contributed by atoms with van der Waals surface area (Å²) in [4.78, 5) is 0. The normalized spacial score (nSPS) is 18.4. The molecule has 0 spiro atoms. The van der Waals surface area contributed by atoms with E-state index in [-0.39, 0.29) is 0 Å². The molecule has 3 rings (SSSR count). The molecule has 2 aromatic rings. The molecule has 0 fully saturated rings. The zero-order valence-electron chi connectivity index (χ0n) is 22.5. The summed E-state index contributed by atoms with van der Waals surface area (Å²) < 4.78 is 5.93. The Balaban J connectivity index is 0.000000440. The van der Waals surface area contributed by atoms with E-state index in [1.807, 2.05) is 19.9 Å². The Morgan fingerprint density at radius 3 is 1.59 bits per heavy atom.